The summed E-state index contributed by atoms with van der Waals surface area (Å²) in [5.74, 6) is 0. The van der Waals surface area contributed by atoms with Crippen LogP contribution in [0.3, 0.4) is 0 Å². The molecular formula is C3HClF6O4S. The minimum atomic E-state index is -5.84. The fourth-order valence-electron chi connectivity index (χ4n) is 0. The summed E-state index contributed by atoms with van der Waals surface area (Å²) in [6.45, 7) is 0. The largest absolute Gasteiger partial charge is 0.522 e. The van der Waals surface area contributed by atoms with E-state index in [1.165, 1.54) is 0 Å². The molecule has 0 rings (SSSR count). The zero-order valence-electron chi connectivity index (χ0n) is 6.23. The highest BCUT2D eigenvalue weighted by Gasteiger charge is 2.44. The molecule has 92 valence electrons. The van der Waals surface area contributed by atoms with Gasteiger partial charge >= 0.3 is 27.0 Å². The summed E-state index contributed by atoms with van der Waals surface area (Å²) in [7, 11) is -5.84. The third kappa shape index (κ3) is 8.44. The van der Waals surface area contributed by atoms with Crippen LogP contribution >= 0.6 is 11.6 Å². The van der Waals surface area contributed by atoms with Crippen molar-refractivity contribution in [2.45, 2.75) is 11.7 Å². The van der Waals surface area contributed by atoms with Crippen molar-refractivity contribution < 1.29 is 44.1 Å². The molecule has 0 saturated heterocycles. The number of halogens is 7. The molecule has 1 N–H and O–H groups in total. The molecule has 0 aromatic carbocycles. The molecular weight excluding hydrogens is 282 g/mol. The molecule has 0 amide bonds. The topological polar surface area (TPSA) is 71.4 Å². The summed E-state index contributed by atoms with van der Waals surface area (Å²) in [6, 6.07) is 0. The molecule has 0 heterocycles. The highest BCUT2D eigenvalue weighted by Crippen LogP contribution is 2.20. The monoisotopic (exact) mass is 282 g/mol. The van der Waals surface area contributed by atoms with Crippen LogP contribution in [-0.2, 0) is 14.9 Å². The molecule has 0 unspecified atom stereocenters. The van der Waals surface area contributed by atoms with Crippen LogP contribution in [0, 0.1) is 0 Å². The smallest absolute Gasteiger partial charge is 0.279 e. The average Bonchev–Trinajstić information content (AvgIpc) is 1.80. The summed E-state index contributed by atoms with van der Waals surface area (Å²) >= 11 is 3.99. The predicted molar refractivity (Wildman–Crippen MR) is 34.5 cm³/mol. The van der Waals surface area contributed by atoms with Gasteiger partial charge in [0.05, 0.1) is 0 Å². The van der Waals surface area contributed by atoms with Gasteiger partial charge in [0.1, 0.15) is 0 Å². The van der Waals surface area contributed by atoms with Gasteiger partial charge in [-0.1, -0.05) is 0 Å². The van der Waals surface area contributed by atoms with Crippen LogP contribution in [0.25, 0.3) is 0 Å². The predicted octanol–water partition coefficient (Wildman–Crippen LogP) is 1.71. The SMILES string of the molecule is O=C(Cl)C(F)(F)F.O=S(=O)(O)C(F)(F)F. The maximum atomic E-state index is 10.7. The molecule has 0 aliphatic carbocycles. The Morgan fingerprint density at radius 2 is 1.20 bits per heavy atom. The highest BCUT2D eigenvalue weighted by molar-refractivity contribution is 7.86. The molecule has 0 radical (unpaired) electrons. The van der Waals surface area contributed by atoms with Gasteiger partial charge in [0.2, 0.25) is 0 Å². The van der Waals surface area contributed by atoms with Crippen molar-refractivity contribution in [1.82, 2.24) is 0 Å². The lowest BCUT2D eigenvalue weighted by Crippen LogP contribution is -2.21. The first-order valence-corrected chi connectivity index (χ1v) is 4.32. The van der Waals surface area contributed by atoms with E-state index in [1.54, 1.807) is 0 Å². The minimum absolute atomic E-state index is 2.28. The Bertz CT molecular complexity index is 314. The van der Waals surface area contributed by atoms with Gasteiger partial charge in [0.25, 0.3) is 0 Å². The summed E-state index contributed by atoms with van der Waals surface area (Å²) in [6.07, 6.45) is -4.87. The fraction of sp³-hybridized carbons (Fsp3) is 0.667. The van der Waals surface area contributed by atoms with Gasteiger partial charge in [0.15, 0.2) is 0 Å². The molecule has 15 heavy (non-hydrogen) atoms. The highest BCUT2D eigenvalue weighted by atomic mass is 35.5. The molecule has 4 nitrogen and oxygen atoms in total. The third-order valence-corrected chi connectivity index (χ3v) is 1.31. The van der Waals surface area contributed by atoms with Crippen molar-refractivity contribution in [3.05, 3.63) is 0 Å². The first-order valence-electron chi connectivity index (χ1n) is 2.50. The fourth-order valence-corrected chi connectivity index (χ4v) is 0. The molecule has 0 aromatic rings. The van der Waals surface area contributed by atoms with Gasteiger partial charge in [-0.2, -0.15) is 34.8 Å². The number of carbonyl (C=O) groups is 1. The van der Waals surface area contributed by atoms with Crippen LogP contribution in [0.15, 0.2) is 0 Å². The van der Waals surface area contributed by atoms with E-state index in [9.17, 15) is 26.3 Å². The molecule has 0 aliphatic rings. The number of hydrogen-bond acceptors (Lipinski definition) is 3. The first kappa shape index (κ1) is 16.9. The summed E-state index contributed by atoms with van der Waals surface area (Å²) in [5.41, 5.74) is -5.53. The van der Waals surface area contributed by atoms with Gasteiger partial charge in [-0.3, -0.25) is 9.35 Å². The second-order valence-electron chi connectivity index (χ2n) is 1.69. The van der Waals surface area contributed by atoms with Gasteiger partial charge in [-0.05, 0) is 11.6 Å². The lowest BCUT2D eigenvalue weighted by molar-refractivity contribution is -0.161. The maximum Gasteiger partial charge on any atom is 0.522 e. The van der Waals surface area contributed by atoms with Crippen molar-refractivity contribution >= 4 is 27.0 Å². The van der Waals surface area contributed by atoms with Crippen molar-refractivity contribution in [2.24, 2.45) is 0 Å². The van der Waals surface area contributed by atoms with Crippen LogP contribution in [0.4, 0.5) is 26.3 Å². The number of hydrogen-bond donors (Lipinski definition) is 1. The van der Waals surface area contributed by atoms with E-state index in [1.807, 2.05) is 0 Å². The van der Waals surface area contributed by atoms with Crippen molar-refractivity contribution in [3.8, 4) is 0 Å². The van der Waals surface area contributed by atoms with Crippen LogP contribution in [-0.4, -0.2) is 29.9 Å². The van der Waals surface area contributed by atoms with E-state index in [4.69, 9.17) is 17.8 Å². The first-order chi connectivity index (χ1) is 6.19. The van der Waals surface area contributed by atoms with E-state index in [0.717, 1.165) is 0 Å². The molecule has 0 aliphatic heterocycles. The van der Waals surface area contributed by atoms with E-state index >= 15 is 0 Å². The van der Waals surface area contributed by atoms with Gasteiger partial charge in [0, 0.05) is 0 Å². The summed E-state index contributed by atoms with van der Waals surface area (Å²) in [4.78, 5) is 9.11. The van der Waals surface area contributed by atoms with Crippen LogP contribution < -0.4 is 0 Å². The minimum Gasteiger partial charge on any atom is -0.279 e. The number of alkyl halides is 6. The maximum absolute atomic E-state index is 10.7. The van der Waals surface area contributed by atoms with Gasteiger partial charge in [-0.15, -0.1) is 0 Å². The van der Waals surface area contributed by atoms with E-state index in [2.05, 4.69) is 11.6 Å². The lowest BCUT2D eigenvalue weighted by atomic mass is 10.8. The van der Waals surface area contributed by atoms with Gasteiger partial charge < -0.3 is 0 Å². The van der Waals surface area contributed by atoms with E-state index < -0.39 is 27.0 Å². The van der Waals surface area contributed by atoms with E-state index in [0.29, 0.717) is 0 Å². The zero-order chi connectivity index (χ0) is 13.1. The van der Waals surface area contributed by atoms with E-state index in [-0.39, 0.29) is 0 Å². The van der Waals surface area contributed by atoms with Crippen molar-refractivity contribution in [2.75, 3.05) is 0 Å². The molecule has 0 atom stereocenters. The Morgan fingerprint density at radius 3 is 1.20 bits per heavy atom. The lowest BCUT2D eigenvalue weighted by Gasteiger charge is -1.97. The van der Waals surface area contributed by atoms with Crippen molar-refractivity contribution in [1.29, 1.82) is 0 Å². The standard InChI is InChI=1S/C2ClF3O.CHF3O3S/c3-1(7)2(4,5)6;2-1(3,4)8(5,6)7/h;(H,5,6,7). The molecule has 12 heteroatoms. The molecule has 0 fully saturated rings. The molecule has 0 aromatic heterocycles. The second-order valence-corrected chi connectivity index (χ2v) is 3.45. The third-order valence-electron chi connectivity index (χ3n) is 0.515. The Labute approximate surface area is 83.6 Å². The zero-order valence-corrected chi connectivity index (χ0v) is 7.80. The molecule has 0 saturated carbocycles. The summed E-state index contributed by atoms with van der Waals surface area (Å²) < 4.78 is 89.6. The Hall–Kier alpha value is -0.550. The molecule has 0 bridgehead atoms. The average molecular weight is 283 g/mol. The number of carbonyl (C=O) groups excluding carboxylic acids is 1. The summed E-state index contributed by atoms with van der Waals surface area (Å²) in [5, 5.41) is -2.28. The second kappa shape index (κ2) is 4.99. The van der Waals surface area contributed by atoms with Crippen LogP contribution in [0.5, 0.6) is 0 Å². The normalized spacial score (nSPS) is 12.8. The Balaban J connectivity index is 0. The quantitative estimate of drug-likeness (QED) is 0.318. The Kier molecular flexibility index (Phi) is 5.60. The Morgan fingerprint density at radius 1 is 1.07 bits per heavy atom. The van der Waals surface area contributed by atoms with Crippen molar-refractivity contribution in [3.63, 3.8) is 0 Å². The van der Waals surface area contributed by atoms with Crippen LogP contribution in [0.1, 0.15) is 0 Å². The van der Waals surface area contributed by atoms with Crippen LogP contribution in [0.2, 0.25) is 0 Å². The molecule has 0 spiro atoms. The number of rotatable bonds is 0. The van der Waals surface area contributed by atoms with Gasteiger partial charge in [-0.25, -0.2) is 0 Å².